The zero-order valence-electron chi connectivity index (χ0n) is 8.48. The van der Waals surface area contributed by atoms with Gasteiger partial charge in [-0.05, 0) is 13.0 Å². The number of hydrogen-bond donors (Lipinski definition) is 1. The number of pyridine rings is 1. The van der Waals surface area contributed by atoms with Crippen LogP contribution in [0.1, 0.15) is 11.3 Å². The second kappa shape index (κ2) is 4.53. The first-order chi connectivity index (χ1) is 7.74. The molecule has 0 aliphatic carbocycles. The van der Waals surface area contributed by atoms with Crippen LogP contribution in [0.15, 0.2) is 6.07 Å². The lowest BCUT2D eigenvalue weighted by atomic mass is 10.2. The first kappa shape index (κ1) is 13.2. The van der Waals surface area contributed by atoms with Gasteiger partial charge in [0, 0.05) is 5.69 Å². The maximum absolute atomic E-state index is 12.0. The number of aromatic nitrogens is 1. The van der Waals surface area contributed by atoms with Gasteiger partial charge in [-0.1, -0.05) is 0 Å². The minimum atomic E-state index is -5.09. The normalized spacial score (nSPS) is 11.4. The van der Waals surface area contributed by atoms with E-state index in [0.29, 0.717) is 0 Å². The van der Waals surface area contributed by atoms with E-state index in [1.165, 1.54) is 6.92 Å². The Balaban J connectivity index is 3.35. The highest BCUT2D eigenvalue weighted by molar-refractivity contribution is 5.49. The zero-order chi connectivity index (χ0) is 13.2. The van der Waals surface area contributed by atoms with Gasteiger partial charge in [0.1, 0.15) is 0 Å². The molecular formula is C8H7F3N2O4. The Morgan fingerprint density at radius 1 is 1.59 bits per heavy atom. The second-order valence-corrected chi connectivity index (χ2v) is 3.04. The first-order valence-electron chi connectivity index (χ1n) is 4.26. The van der Waals surface area contributed by atoms with E-state index in [2.05, 4.69) is 9.72 Å². The van der Waals surface area contributed by atoms with Crippen LogP contribution in [-0.4, -0.2) is 21.4 Å². The lowest BCUT2D eigenvalue weighted by Gasteiger charge is -2.10. The van der Waals surface area contributed by atoms with Gasteiger partial charge < -0.3 is 9.84 Å². The molecule has 0 aliphatic heterocycles. The van der Waals surface area contributed by atoms with E-state index in [1.807, 2.05) is 0 Å². The van der Waals surface area contributed by atoms with Gasteiger partial charge in [-0.15, -0.1) is 13.2 Å². The average Bonchev–Trinajstić information content (AvgIpc) is 2.12. The lowest BCUT2D eigenvalue weighted by molar-refractivity contribution is -0.390. The van der Waals surface area contributed by atoms with Crippen LogP contribution < -0.4 is 4.74 Å². The van der Waals surface area contributed by atoms with Crippen LogP contribution in [0.2, 0.25) is 0 Å². The maximum atomic E-state index is 12.0. The Hall–Kier alpha value is -1.90. The second-order valence-electron chi connectivity index (χ2n) is 3.04. The number of hydrogen-bond acceptors (Lipinski definition) is 5. The van der Waals surface area contributed by atoms with Crippen molar-refractivity contribution in [3.63, 3.8) is 0 Å². The van der Waals surface area contributed by atoms with E-state index in [0.717, 1.165) is 6.07 Å². The standard InChI is InChI=1S/C8H7F3N2O4/c1-4-2-5(3-14)6(13(15)16)7(12-4)17-8(9,10)11/h2,14H,3H2,1H3. The predicted molar refractivity (Wildman–Crippen MR) is 48.2 cm³/mol. The number of alkyl halides is 3. The molecular weight excluding hydrogens is 245 g/mol. The molecule has 9 heteroatoms. The third-order valence-corrected chi connectivity index (χ3v) is 1.73. The fourth-order valence-corrected chi connectivity index (χ4v) is 1.20. The fourth-order valence-electron chi connectivity index (χ4n) is 1.20. The molecule has 1 rings (SSSR count). The molecule has 1 aromatic heterocycles. The molecule has 0 amide bonds. The van der Waals surface area contributed by atoms with Crippen molar-refractivity contribution in [3.05, 3.63) is 27.4 Å². The number of aliphatic hydroxyl groups excluding tert-OH is 1. The molecule has 0 saturated carbocycles. The monoisotopic (exact) mass is 252 g/mol. The number of nitro groups is 1. The summed E-state index contributed by atoms with van der Waals surface area (Å²) in [6.45, 7) is 0.542. The van der Waals surface area contributed by atoms with Crippen molar-refractivity contribution in [2.24, 2.45) is 0 Å². The van der Waals surface area contributed by atoms with Crippen molar-refractivity contribution in [1.82, 2.24) is 4.98 Å². The highest BCUT2D eigenvalue weighted by atomic mass is 19.4. The summed E-state index contributed by atoms with van der Waals surface area (Å²) in [7, 11) is 0. The SMILES string of the molecule is Cc1cc(CO)c([N+](=O)[O-])c(OC(F)(F)F)n1. The highest BCUT2D eigenvalue weighted by Gasteiger charge is 2.36. The Morgan fingerprint density at radius 3 is 2.59 bits per heavy atom. The number of aliphatic hydroxyl groups is 1. The molecule has 0 aliphatic rings. The van der Waals surface area contributed by atoms with E-state index in [9.17, 15) is 23.3 Å². The molecule has 1 heterocycles. The van der Waals surface area contributed by atoms with Crippen LogP contribution in [0.4, 0.5) is 18.9 Å². The van der Waals surface area contributed by atoms with Crippen LogP contribution in [0, 0.1) is 17.0 Å². The van der Waals surface area contributed by atoms with Crippen LogP contribution in [0.25, 0.3) is 0 Å². The molecule has 0 saturated heterocycles. The Kier molecular flexibility index (Phi) is 3.51. The van der Waals surface area contributed by atoms with Gasteiger partial charge >= 0.3 is 17.9 Å². The zero-order valence-corrected chi connectivity index (χ0v) is 8.48. The summed E-state index contributed by atoms with van der Waals surface area (Å²) in [5, 5.41) is 19.5. The van der Waals surface area contributed by atoms with Gasteiger partial charge in [0.25, 0.3) is 0 Å². The smallest absolute Gasteiger partial charge is 0.391 e. The van der Waals surface area contributed by atoms with E-state index in [4.69, 9.17) is 5.11 Å². The van der Waals surface area contributed by atoms with Crippen LogP contribution >= 0.6 is 0 Å². The Bertz CT molecular complexity index is 447. The van der Waals surface area contributed by atoms with E-state index in [-0.39, 0.29) is 11.3 Å². The average molecular weight is 252 g/mol. The van der Waals surface area contributed by atoms with E-state index in [1.54, 1.807) is 0 Å². The van der Waals surface area contributed by atoms with Crippen molar-refractivity contribution in [1.29, 1.82) is 0 Å². The largest absolute Gasteiger partial charge is 0.574 e. The maximum Gasteiger partial charge on any atom is 0.574 e. The molecule has 0 spiro atoms. The first-order valence-corrected chi connectivity index (χ1v) is 4.26. The molecule has 0 atom stereocenters. The lowest BCUT2D eigenvalue weighted by Crippen LogP contribution is -2.19. The summed E-state index contributed by atoms with van der Waals surface area (Å²) in [5.41, 5.74) is -1.21. The van der Waals surface area contributed by atoms with Gasteiger partial charge in [-0.3, -0.25) is 10.1 Å². The van der Waals surface area contributed by atoms with Crippen molar-refractivity contribution >= 4 is 5.69 Å². The number of nitrogens with zero attached hydrogens (tertiary/aromatic N) is 2. The quantitative estimate of drug-likeness (QED) is 0.653. The van der Waals surface area contributed by atoms with Crippen molar-refractivity contribution in [2.75, 3.05) is 0 Å². The molecule has 6 nitrogen and oxygen atoms in total. The minimum absolute atomic E-state index is 0.0684. The van der Waals surface area contributed by atoms with Gasteiger partial charge in [-0.25, -0.2) is 4.98 Å². The summed E-state index contributed by atoms with van der Waals surface area (Å²) >= 11 is 0. The highest BCUT2D eigenvalue weighted by Crippen LogP contribution is 2.33. The van der Waals surface area contributed by atoms with Crippen molar-refractivity contribution in [2.45, 2.75) is 19.9 Å². The van der Waals surface area contributed by atoms with Gasteiger partial charge in [0.2, 0.25) is 0 Å². The molecule has 94 valence electrons. The molecule has 0 aromatic carbocycles. The fraction of sp³-hybridized carbons (Fsp3) is 0.375. The van der Waals surface area contributed by atoms with Gasteiger partial charge in [-0.2, -0.15) is 0 Å². The molecule has 0 unspecified atom stereocenters. The predicted octanol–water partition coefficient (Wildman–Crippen LogP) is 1.69. The minimum Gasteiger partial charge on any atom is -0.391 e. The van der Waals surface area contributed by atoms with E-state index >= 15 is 0 Å². The number of ether oxygens (including phenoxy) is 1. The third kappa shape index (κ3) is 3.28. The molecule has 1 N–H and O–H groups in total. The molecule has 0 bridgehead atoms. The summed E-state index contributed by atoms with van der Waals surface area (Å²) < 4.78 is 39.5. The molecule has 0 radical (unpaired) electrons. The van der Waals surface area contributed by atoms with Crippen LogP contribution in [-0.2, 0) is 6.61 Å². The summed E-state index contributed by atoms with van der Waals surface area (Å²) in [5.74, 6) is -1.17. The van der Waals surface area contributed by atoms with Crippen LogP contribution in [0.5, 0.6) is 5.88 Å². The summed E-state index contributed by atoms with van der Waals surface area (Å²) in [6.07, 6.45) is -5.09. The van der Waals surface area contributed by atoms with Gasteiger partial charge in [0.05, 0.1) is 17.1 Å². The molecule has 1 aromatic rings. The number of aryl methyl sites for hydroxylation is 1. The topological polar surface area (TPSA) is 85.5 Å². The van der Waals surface area contributed by atoms with Gasteiger partial charge in [0.15, 0.2) is 0 Å². The molecule has 0 fully saturated rings. The summed E-state index contributed by atoms with van der Waals surface area (Å²) in [6, 6.07) is 1.11. The number of halogens is 3. The van der Waals surface area contributed by atoms with Crippen molar-refractivity contribution in [3.8, 4) is 5.88 Å². The van der Waals surface area contributed by atoms with Crippen molar-refractivity contribution < 1.29 is 27.9 Å². The number of rotatable bonds is 3. The molecule has 17 heavy (non-hydrogen) atoms. The van der Waals surface area contributed by atoms with Crippen LogP contribution in [0.3, 0.4) is 0 Å². The Labute approximate surface area is 92.8 Å². The summed E-state index contributed by atoms with van der Waals surface area (Å²) in [4.78, 5) is 12.8. The Morgan fingerprint density at radius 2 is 2.18 bits per heavy atom. The van der Waals surface area contributed by atoms with E-state index < -0.39 is 29.5 Å². The third-order valence-electron chi connectivity index (χ3n) is 1.73.